The van der Waals surface area contributed by atoms with Crippen LogP contribution in [0.3, 0.4) is 0 Å². The van der Waals surface area contributed by atoms with E-state index in [0.717, 1.165) is 23.0 Å². The molecule has 0 heterocycles. The summed E-state index contributed by atoms with van der Waals surface area (Å²) in [6.45, 7) is 7.43. The highest BCUT2D eigenvalue weighted by Crippen LogP contribution is 2.58. The number of rotatable bonds is 4. The first-order valence-corrected chi connectivity index (χ1v) is 6.93. The number of benzene rings is 1. The van der Waals surface area contributed by atoms with Crippen LogP contribution < -0.4 is 5.32 Å². The molecule has 0 spiro atoms. The summed E-state index contributed by atoms with van der Waals surface area (Å²) in [7, 11) is 0. The van der Waals surface area contributed by atoms with Gasteiger partial charge in [-0.1, -0.05) is 36.7 Å². The molecule has 0 saturated heterocycles. The van der Waals surface area contributed by atoms with E-state index in [9.17, 15) is 4.39 Å². The molecule has 2 atom stereocenters. The molecule has 94 valence electrons. The van der Waals surface area contributed by atoms with Gasteiger partial charge in [0.15, 0.2) is 0 Å². The van der Waals surface area contributed by atoms with E-state index < -0.39 is 0 Å². The standard InChI is InChI=1S/C14H19BrFN/c1-4-17-13(11-8-14(11,2)3)10-7-9(15)5-6-12(10)16/h5-7,11,13,17H,4,8H2,1-3H3. The maximum atomic E-state index is 13.9. The highest BCUT2D eigenvalue weighted by atomic mass is 79.9. The summed E-state index contributed by atoms with van der Waals surface area (Å²) >= 11 is 3.42. The molecule has 1 aliphatic rings. The molecule has 0 aromatic heterocycles. The quantitative estimate of drug-likeness (QED) is 0.875. The van der Waals surface area contributed by atoms with E-state index in [1.54, 1.807) is 12.1 Å². The van der Waals surface area contributed by atoms with E-state index in [1.807, 2.05) is 6.07 Å². The fourth-order valence-electron chi connectivity index (χ4n) is 2.52. The molecule has 1 aromatic carbocycles. The van der Waals surface area contributed by atoms with Gasteiger partial charge in [0, 0.05) is 16.1 Å². The van der Waals surface area contributed by atoms with Gasteiger partial charge in [0.1, 0.15) is 5.82 Å². The van der Waals surface area contributed by atoms with Crippen LogP contribution in [0.1, 0.15) is 38.8 Å². The first-order chi connectivity index (χ1) is 7.95. The molecule has 0 aliphatic heterocycles. The van der Waals surface area contributed by atoms with Crippen molar-refractivity contribution >= 4 is 15.9 Å². The van der Waals surface area contributed by atoms with E-state index in [1.165, 1.54) is 0 Å². The number of hydrogen-bond acceptors (Lipinski definition) is 1. The summed E-state index contributed by atoms with van der Waals surface area (Å²) in [6, 6.07) is 5.32. The second-order valence-electron chi connectivity index (χ2n) is 5.50. The van der Waals surface area contributed by atoms with Crippen LogP contribution in [0.2, 0.25) is 0 Å². The molecule has 1 nitrogen and oxygen atoms in total. The molecule has 0 amide bonds. The van der Waals surface area contributed by atoms with Crippen molar-refractivity contribution in [3.05, 3.63) is 34.1 Å². The van der Waals surface area contributed by atoms with Gasteiger partial charge in [0.05, 0.1) is 0 Å². The summed E-state index contributed by atoms with van der Waals surface area (Å²) in [5.41, 5.74) is 1.12. The largest absolute Gasteiger partial charge is 0.310 e. The lowest BCUT2D eigenvalue weighted by atomic mass is 9.96. The van der Waals surface area contributed by atoms with Crippen molar-refractivity contribution in [2.24, 2.45) is 11.3 Å². The van der Waals surface area contributed by atoms with E-state index in [2.05, 4.69) is 42.0 Å². The minimum absolute atomic E-state index is 0.109. The Labute approximate surface area is 111 Å². The SMILES string of the molecule is CCNC(c1cc(Br)ccc1F)C1CC1(C)C. The third-order valence-electron chi connectivity index (χ3n) is 3.71. The number of hydrogen-bond donors (Lipinski definition) is 1. The highest BCUT2D eigenvalue weighted by molar-refractivity contribution is 9.10. The first-order valence-electron chi connectivity index (χ1n) is 6.14. The maximum absolute atomic E-state index is 13.9. The Bertz CT molecular complexity index is 417. The molecule has 0 radical (unpaired) electrons. The van der Waals surface area contributed by atoms with Gasteiger partial charge in [0.25, 0.3) is 0 Å². The maximum Gasteiger partial charge on any atom is 0.128 e. The Morgan fingerprint density at radius 2 is 2.18 bits per heavy atom. The minimum atomic E-state index is -0.109. The predicted molar refractivity (Wildman–Crippen MR) is 72.4 cm³/mol. The Morgan fingerprint density at radius 3 is 2.71 bits per heavy atom. The van der Waals surface area contributed by atoms with E-state index in [0.29, 0.717) is 11.3 Å². The molecule has 1 fully saturated rings. The zero-order valence-electron chi connectivity index (χ0n) is 10.6. The molecule has 1 aromatic rings. The molecular weight excluding hydrogens is 281 g/mol. The van der Waals surface area contributed by atoms with Crippen molar-refractivity contribution in [2.45, 2.75) is 33.2 Å². The fraction of sp³-hybridized carbons (Fsp3) is 0.571. The third kappa shape index (κ3) is 2.71. The van der Waals surface area contributed by atoms with Crippen LogP contribution in [0.25, 0.3) is 0 Å². The van der Waals surface area contributed by atoms with Gasteiger partial charge in [-0.3, -0.25) is 0 Å². The van der Waals surface area contributed by atoms with Gasteiger partial charge in [-0.15, -0.1) is 0 Å². The second-order valence-corrected chi connectivity index (χ2v) is 6.42. The second kappa shape index (κ2) is 4.69. The molecular formula is C14H19BrFN. The molecule has 1 saturated carbocycles. The van der Waals surface area contributed by atoms with Crippen LogP contribution in [0.5, 0.6) is 0 Å². The Hall–Kier alpha value is -0.410. The topological polar surface area (TPSA) is 12.0 Å². The molecule has 1 aliphatic carbocycles. The molecule has 3 heteroatoms. The van der Waals surface area contributed by atoms with Crippen molar-refractivity contribution in [1.29, 1.82) is 0 Å². The van der Waals surface area contributed by atoms with Gasteiger partial charge in [-0.05, 0) is 42.5 Å². The fourth-order valence-corrected chi connectivity index (χ4v) is 2.90. The van der Waals surface area contributed by atoms with Gasteiger partial charge in [-0.25, -0.2) is 4.39 Å². The molecule has 2 rings (SSSR count). The van der Waals surface area contributed by atoms with Crippen LogP contribution >= 0.6 is 15.9 Å². The monoisotopic (exact) mass is 299 g/mol. The van der Waals surface area contributed by atoms with Gasteiger partial charge in [0.2, 0.25) is 0 Å². The zero-order valence-corrected chi connectivity index (χ0v) is 12.1. The first kappa shape index (κ1) is 13.0. The summed E-state index contributed by atoms with van der Waals surface area (Å²) in [6.07, 6.45) is 1.16. The average Bonchev–Trinajstić information content (AvgIpc) is 2.88. The lowest BCUT2D eigenvalue weighted by Gasteiger charge is -2.21. The van der Waals surface area contributed by atoms with Crippen molar-refractivity contribution in [2.75, 3.05) is 6.54 Å². The van der Waals surface area contributed by atoms with Crippen molar-refractivity contribution in [3.63, 3.8) is 0 Å². The predicted octanol–water partition coefficient (Wildman–Crippen LogP) is 4.28. The minimum Gasteiger partial charge on any atom is -0.310 e. The summed E-state index contributed by atoms with van der Waals surface area (Å²) in [4.78, 5) is 0. The van der Waals surface area contributed by atoms with Crippen molar-refractivity contribution in [1.82, 2.24) is 5.32 Å². The smallest absolute Gasteiger partial charge is 0.128 e. The average molecular weight is 300 g/mol. The molecule has 0 bridgehead atoms. The molecule has 17 heavy (non-hydrogen) atoms. The van der Waals surface area contributed by atoms with E-state index >= 15 is 0 Å². The zero-order chi connectivity index (χ0) is 12.6. The van der Waals surface area contributed by atoms with E-state index in [4.69, 9.17) is 0 Å². The van der Waals surface area contributed by atoms with Crippen LogP contribution in [0, 0.1) is 17.2 Å². The van der Waals surface area contributed by atoms with Crippen LogP contribution in [0.15, 0.2) is 22.7 Å². The summed E-state index contributed by atoms with van der Waals surface area (Å²) in [5.74, 6) is 0.424. The summed E-state index contributed by atoms with van der Waals surface area (Å²) < 4.78 is 14.9. The Kier molecular flexibility index (Phi) is 3.60. The lowest BCUT2D eigenvalue weighted by molar-refractivity contribution is 0.409. The third-order valence-corrected chi connectivity index (χ3v) is 4.20. The number of halogens is 2. The highest BCUT2D eigenvalue weighted by Gasteiger charge is 2.50. The van der Waals surface area contributed by atoms with Crippen LogP contribution in [0.4, 0.5) is 4.39 Å². The van der Waals surface area contributed by atoms with Crippen molar-refractivity contribution in [3.8, 4) is 0 Å². The Balaban J connectivity index is 2.30. The van der Waals surface area contributed by atoms with Crippen molar-refractivity contribution < 1.29 is 4.39 Å². The van der Waals surface area contributed by atoms with E-state index in [-0.39, 0.29) is 11.9 Å². The molecule has 1 N–H and O–H groups in total. The normalized spacial score (nSPS) is 23.5. The number of nitrogens with one attached hydrogen (secondary N) is 1. The van der Waals surface area contributed by atoms with Gasteiger partial charge >= 0.3 is 0 Å². The lowest BCUT2D eigenvalue weighted by Crippen LogP contribution is -2.25. The van der Waals surface area contributed by atoms with Crippen LogP contribution in [-0.4, -0.2) is 6.54 Å². The summed E-state index contributed by atoms with van der Waals surface area (Å²) in [5, 5.41) is 3.42. The Morgan fingerprint density at radius 1 is 1.53 bits per heavy atom. The van der Waals surface area contributed by atoms with Crippen LogP contribution in [-0.2, 0) is 0 Å². The van der Waals surface area contributed by atoms with Gasteiger partial charge in [-0.2, -0.15) is 0 Å². The molecule has 2 unspecified atom stereocenters. The van der Waals surface area contributed by atoms with Gasteiger partial charge < -0.3 is 5.32 Å².